The highest BCUT2D eigenvalue weighted by Gasteiger charge is 2.20. The van der Waals surface area contributed by atoms with E-state index in [4.69, 9.17) is 26.6 Å². The van der Waals surface area contributed by atoms with Crippen LogP contribution in [0, 0.1) is 6.92 Å². The molecular formula is C15H12ClN3O3. The molecule has 0 saturated carbocycles. The second kappa shape index (κ2) is 5.65. The number of hydrogen-bond acceptors (Lipinski definition) is 6. The van der Waals surface area contributed by atoms with Gasteiger partial charge in [0.25, 0.3) is 0 Å². The minimum atomic E-state index is -0.611. The molecule has 0 fully saturated rings. The molecule has 0 amide bonds. The molecule has 7 heteroatoms. The summed E-state index contributed by atoms with van der Waals surface area (Å²) in [6.45, 7) is 1.60. The summed E-state index contributed by atoms with van der Waals surface area (Å²) in [5, 5.41) is 4.82. The van der Waals surface area contributed by atoms with Gasteiger partial charge in [-0.1, -0.05) is 35.0 Å². The number of aromatic nitrogens is 2. The summed E-state index contributed by atoms with van der Waals surface area (Å²) in [6.07, 6.45) is 0. The Morgan fingerprint density at radius 3 is 2.91 bits per heavy atom. The maximum absolute atomic E-state index is 12.0. The fourth-order valence-corrected chi connectivity index (χ4v) is 2.29. The molecule has 6 nitrogen and oxygen atoms in total. The van der Waals surface area contributed by atoms with Crippen LogP contribution in [0.5, 0.6) is 0 Å². The third-order valence-electron chi connectivity index (χ3n) is 3.20. The van der Waals surface area contributed by atoms with Gasteiger partial charge in [0, 0.05) is 10.9 Å². The Morgan fingerprint density at radius 2 is 2.18 bits per heavy atom. The number of pyridine rings is 1. The van der Waals surface area contributed by atoms with Crippen LogP contribution < -0.4 is 5.73 Å². The van der Waals surface area contributed by atoms with E-state index in [2.05, 4.69) is 10.1 Å². The van der Waals surface area contributed by atoms with Gasteiger partial charge in [-0.05, 0) is 19.1 Å². The van der Waals surface area contributed by atoms with Gasteiger partial charge in [-0.3, -0.25) is 0 Å². The van der Waals surface area contributed by atoms with Crippen LogP contribution in [0.3, 0.4) is 0 Å². The Kier molecular flexibility index (Phi) is 3.68. The van der Waals surface area contributed by atoms with Crippen LogP contribution in [0.25, 0.3) is 10.9 Å². The van der Waals surface area contributed by atoms with Crippen LogP contribution in [0.15, 0.2) is 34.9 Å². The van der Waals surface area contributed by atoms with Crippen molar-refractivity contribution in [2.45, 2.75) is 13.5 Å². The number of nitrogens with two attached hydrogens (primary N) is 1. The molecule has 0 aliphatic rings. The Balaban J connectivity index is 1.82. The van der Waals surface area contributed by atoms with Gasteiger partial charge in [0.05, 0.1) is 11.2 Å². The zero-order chi connectivity index (χ0) is 15.7. The number of fused-ring (bicyclic) bond motifs is 1. The fourth-order valence-electron chi connectivity index (χ4n) is 2.09. The lowest BCUT2D eigenvalue weighted by atomic mass is 10.2. The number of ether oxygens (including phenoxy) is 1. The third-order valence-corrected chi connectivity index (χ3v) is 3.53. The number of aryl methyl sites for hydroxylation is 1. The lowest BCUT2D eigenvalue weighted by Gasteiger charge is -2.07. The van der Waals surface area contributed by atoms with E-state index in [0.717, 1.165) is 10.9 Å². The molecule has 0 radical (unpaired) electrons. The van der Waals surface area contributed by atoms with E-state index in [0.29, 0.717) is 16.4 Å². The smallest absolute Gasteiger partial charge is 0.346 e. The van der Waals surface area contributed by atoms with Gasteiger partial charge in [-0.15, -0.1) is 0 Å². The molecule has 0 unspecified atom stereocenters. The summed E-state index contributed by atoms with van der Waals surface area (Å²) in [6, 6.07) is 9.38. The lowest BCUT2D eigenvalue weighted by Crippen LogP contribution is -2.08. The number of nitrogen functional groups attached to an aromatic ring is 1. The number of esters is 1. The van der Waals surface area contributed by atoms with Gasteiger partial charge in [0.15, 0.2) is 0 Å². The van der Waals surface area contributed by atoms with Gasteiger partial charge in [0.2, 0.25) is 5.88 Å². The predicted molar refractivity (Wildman–Crippen MR) is 81.5 cm³/mol. The van der Waals surface area contributed by atoms with Gasteiger partial charge in [0.1, 0.15) is 17.3 Å². The number of anilines is 1. The van der Waals surface area contributed by atoms with Gasteiger partial charge >= 0.3 is 5.97 Å². The van der Waals surface area contributed by atoms with Crippen molar-refractivity contribution in [1.29, 1.82) is 0 Å². The monoisotopic (exact) mass is 317 g/mol. The average Bonchev–Trinajstić information content (AvgIpc) is 2.84. The molecule has 0 spiro atoms. The van der Waals surface area contributed by atoms with Gasteiger partial charge in [-0.25, -0.2) is 9.78 Å². The first-order valence-corrected chi connectivity index (χ1v) is 6.87. The summed E-state index contributed by atoms with van der Waals surface area (Å²) < 4.78 is 9.96. The minimum Gasteiger partial charge on any atom is -0.457 e. The zero-order valence-corrected chi connectivity index (χ0v) is 12.4. The molecule has 2 heterocycles. The predicted octanol–water partition coefficient (Wildman–Crippen LogP) is 3.12. The number of nitrogens with zero attached hydrogens (tertiary/aromatic N) is 2. The van der Waals surface area contributed by atoms with Crippen LogP contribution in [0.1, 0.15) is 21.6 Å². The maximum Gasteiger partial charge on any atom is 0.346 e. The molecule has 112 valence electrons. The molecule has 2 N–H and O–H groups in total. The van der Waals surface area contributed by atoms with Crippen molar-refractivity contribution < 1.29 is 14.1 Å². The molecule has 2 aromatic heterocycles. The van der Waals surface area contributed by atoms with Crippen molar-refractivity contribution in [2.75, 3.05) is 5.73 Å². The van der Waals surface area contributed by atoms with Crippen LogP contribution in [0.4, 0.5) is 5.88 Å². The molecule has 1 aromatic carbocycles. The normalized spacial score (nSPS) is 10.8. The summed E-state index contributed by atoms with van der Waals surface area (Å²) in [4.78, 5) is 16.3. The summed E-state index contributed by atoms with van der Waals surface area (Å²) in [5.74, 6) is -0.675. The molecule has 0 atom stereocenters. The van der Waals surface area contributed by atoms with E-state index in [-0.39, 0.29) is 18.1 Å². The first kappa shape index (κ1) is 14.3. The highest BCUT2D eigenvalue weighted by molar-refractivity contribution is 6.30. The zero-order valence-electron chi connectivity index (χ0n) is 11.7. The van der Waals surface area contributed by atoms with Crippen molar-refractivity contribution in [2.24, 2.45) is 0 Å². The van der Waals surface area contributed by atoms with E-state index in [9.17, 15) is 4.79 Å². The first-order chi connectivity index (χ1) is 10.6. The van der Waals surface area contributed by atoms with Crippen LogP contribution in [0.2, 0.25) is 5.15 Å². The van der Waals surface area contributed by atoms with E-state index < -0.39 is 5.97 Å². The van der Waals surface area contributed by atoms with Crippen molar-refractivity contribution >= 4 is 34.4 Å². The standard InChI is InChI=1S/C15H12ClN3O3/c1-8-12(14(17)22-19-8)15(20)21-7-10-6-9-4-2-3-5-11(9)18-13(10)16/h2-6H,7,17H2,1H3. The van der Waals surface area contributed by atoms with Crippen molar-refractivity contribution in [3.63, 3.8) is 0 Å². The van der Waals surface area contributed by atoms with Crippen LogP contribution in [-0.2, 0) is 11.3 Å². The maximum atomic E-state index is 12.0. The number of carbonyl (C=O) groups is 1. The second-order valence-corrected chi connectivity index (χ2v) is 5.07. The molecule has 3 aromatic rings. The summed E-state index contributed by atoms with van der Waals surface area (Å²) in [5.41, 5.74) is 7.45. The van der Waals surface area contributed by atoms with Crippen molar-refractivity contribution in [1.82, 2.24) is 10.1 Å². The molecular weight excluding hydrogens is 306 g/mol. The first-order valence-electron chi connectivity index (χ1n) is 6.49. The molecule has 0 aliphatic heterocycles. The minimum absolute atomic E-state index is 0.0143. The highest BCUT2D eigenvalue weighted by Crippen LogP contribution is 2.22. The number of rotatable bonds is 3. The molecule has 3 rings (SSSR count). The SMILES string of the molecule is Cc1noc(N)c1C(=O)OCc1cc2ccccc2nc1Cl. The van der Waals surface area contributed by atoms with E-state index in [1.165, 1.54) is 0 Å². The third kappa shape index (κ3) is 2.60. The van der Waals surface area contributed by atoms with Crippen molar-refractivity contribution in [3.05, 3.63) is 52.3 Å². The number of halogens is 1. The lowest BCUT2D eigenvalue weighted by molar-refractivity contribution is 0.0472. The molecule has 0 saturated heterocycles. The van der Waals surface area contributed by atoms with Gasteiger partial charge < -0.3 is 15.0 Å². The Morgan fingerprint density at radius 1 is 1.41 bits per heavy atom. The molecule has 22 heavy (non-hydrogen) atoms. The topological polar surface area (TPSA) is 91.2 Å². The summed E-state index contributed by atoms with van der Waals surface area (Å²) in [7, 11) is 0. The number of benzene rings is 1. The number of hydrogen-bond donors (Lipinski definition) is 1. The Hall–Kier alpha value is -2.60. The van der Waals surface area contributed by atoms with Crippen molar-refractivity contribution in [3.8, 4) is 0 Å². The Bertz CT molecular complexity index is 841. The van der Waals surface area contributed by atoms with E-state index in [1.807, 2.05) is 30.3 Å². The van der Waals surface area contributed by atoms with Crippen LogP contribution >= 0.6 is 11.6 Å². The average molecular weight is 318 g/mol. The second-order valence-electron chi connectivity index (χ2n) is 4.71. The van der Waals surface area contributed by atoms with Gasteiger partial charge in [-0.2, -0.15) is 0 Å². The highest BCUT2D eigenvalue weighted by atomic mass is 35.5. The Labute approximate surface area is 130 Å². The van der Waals surface area contributed by atoms with E-state index >= 15 is 0 Å². The fraction of sp³-hybridized carbons (Fsp3) is 0.133. The molecule has 0 aliphatic carbocycles. The number of carbonyl (C=O) groups excluding carboxylic acids is 1. The quantitative estimate of drug-likeness (QED) is 0.589. The van der Waals surface area contributed by atoms with E-state index in [1.54, 1.807) is 6.92 Å². The molecule has 0 bridgehead atoms. The van der Waals surface area contributed by atoms with Crippen LogP contribution in [-0.4, -0.2) is 16.1 Å². The summed E-state index contributed by atoms with van der Waals surface area (Å²) >= 11 is 6.12. The number of para-hydroxylation sites is 1. The largest absolute Gasteiger partial charge is 0.457 e.